The van der Waals surface area contributed by atoms with Gasteiger partial charge in [-0.15, -0.1) is 0 Å². The molecule has 0 bridgehead atoms. The van der Waals surface area contributed by atoms with E-state index in [1.54, 1.807) is 6.07 Å². The maximum atomic E-state index is 10.7. The van der Waals surface area contributed by atoms with Crippen molar-refractivity contribution in [2.24, 2.45) is 0 Å². The van der Waals surface area contributed by atoms with Gasteiger partial charge >= 0.3 is 16.6 Å². The summed E-state index contributed by atoms with van der Waals surface area (Å²) in [6, 6.07) is 12.9. The van der Waals surface area contributed by atoms with Crippen LogP contribution < -0.4 is 9.22 Å². The number of rotatable bonds is 3. The Morgan fingerprint density at radius 2 is 1.94 bits per heavy atom. The van der Waals surface area contributed by atoms with E-state index in [4.69, 9.17) is 3.79 Å². The summed E-state index contributed by atoms with van der Waals surface area (Å²) in [6.45, 7) is 0. The molecule has 5 heteroatoms. The number of pyridine rings is 1. The largest absolute Gasteiger partial charge is 0.653 e. The number of benzene rings is 1. The lowest BCUT2D eigenvalue weighted by Gasteiger charge is -2.09. The number of aromatic nitrogens is 1. The fourth-order valence-electron chi connectivity index (χ4n) is 1.41. The molecule has 3 nitrogen and oxygen atoms in total. The standard InChI is InChI=1S/C11H8NO2P.Al/c13-10-6-2-1-4-8(10)9-5-3-7-11(12-9)15-14;/h1-7,13H;/q;+1/p-1. The van der Waals surface area contributed by atoms with Crippen LogP contribution in [0, 0.1) is 0 Å². The van der Waals surface area contributed by atoms with Gasteiger partial charge in [0.1, 0.15) is 5.44 Å². The normalized spacial score (nSPS) is 10.2. The van der Waals surface area contributed by atoms with E-state index in [0.717, 1.165) is 17.0 Å². The van der Waals surface area contributed by atoms with Crippen LogP contribution in [0.5, 0.6) is 5.75 Å². The highest BCUT2D eigenvalue weighted by atomic mass is 31.1. The fourth-order valence-corrected chi connectivity index (χ4v) is 1.91. The molecule has 0 atom stereocenters. The molecule has 0 unspecified atom stereocenters. The predicted octanol–water partition coefficient (Wildman–Crippen LogP) is 2.13. The summed E-state index contributed by atoms with van der Waals surface area (Å²) in [7, 11) is -0.0772. The number of hydrogen-bond donors (Lipinski definition) is 0. The van der Waals surface area contributed by atoms with Crippen molar-refractivity contribution in [3.05, 3.63) is 42.5 Å². The molecule has 16 heavy (non-hydrogen) atoms. The van der Waals surface area contributed by atoms with Crippen LogP contribution in [-0.2, 0) is 4.57 Å². The SMILES string of the molecule is O=Pc1cccc(-c2ccccc2[O][Al])n1. The second-order valence-corrected chi connectivity index (χ2v) is 3.96. The molecule has 0 spiro atoms. The lowest BCUT2D eigenvalue weighted by atomic mass is 10.1. The Morgan fingerprint density at radius 3 is 2.69 bits per heavy atom. The highest BCUT2D eigenvalue weighted by Crippen LogP contribution is 2.27. The minimum absolute atomic E-state index is 0.0772. The summed E-state index contributed by atoms with van der Waals surface area (Å²) in [5.74, 6) is 0.722. The second-order valence-electron chi connectivity index (χ2n) is 3.09. The third-order valence-corrected chi connectivity index (χ3v) is 2.81. The van der Waals surface area contributed by atoms with E-state index >= 15 is 0 Å². The van der Waals surface area contributed by atoms with Crippen LogP contribution in [0.3, 0.4) is 0 Å². The molecule has 1 aromatic heterocycles. The van der Waals surface area contributed by atoms with Crippen molar-refractivity contribution < 1.29 is 8.35 Å². The molecule has 0 saturated carbocycles. The van der Waals surface area contributed by atoms with Gasteiger partial charge in [0, 0.05) is 5.56 Å². The molecule has 0 saturated heterocycles. The van der Waals surface area contributed by atoms with Crippen LogP contribution in [0.15, 0.2) is 42.5 Å². The Balaban J connectivity index is 2.53. The van der Waals surface area contributed by atoms with Crippen LogP contribution >= 0.6 is 8.46 Å². The summed E-state index contributed by atoms with van der Waals surface area (Å²) in [4.78, 5) is 4.26. The van der Waals surface area contributed by atoms with Crippen molar-refractivity contribution in [1.29, 1.82) is 0 Å². The zero-order chi connectivity index (χ0) is 11.4. The van der Waals surface area contributed by atoms with E-state index in [9.17, 15) is 4.57 Å². The van der Waals surface area contributed by atoms with E-state index < -0.39 is 0 Å². The van der Waals surface area contributed by atoms with Crippen molar-refractivity contribution in [3.63, 3.8) is 0 Å². The first kappa shape index (κ1) is 11.3. The molecule has 0 amide bonds. The summed E-state index contributed by atoms with van der Waals surface area (Å²) in [5.41, 5.74) is 2.14. The number of nitrogens with zero attached hydrogens (tertiary/aromatic N) is 1. The lowest BCUT2D eigenvalue weighted by molar-refractivity contribution is 0.602. The zero-order valence-corrected chi connectivity index (χ0v) is 10.4. The van der Waals surface area contributed by atoms with Crippen molar-refractivity contribution in [3.8, 4) is 17.0 Å². The first-order valence-electron chi connectivity index (χ1n) is 4.61. The molecule has 1 aromatic carbocycles. The molecule has 0 aliphatic rings. The van der Waals surface area contributed by atoms with E-state index in [1.807, 2.05) is 36.4 Å². The van der Waals surface area contributed by atoms with Crippen molar-refractivity contribution in [2.75, 3.05) is 0 Å². The maximum absolute atomic E-state index is 10.7. The molecule has 2 radical (unpaired) electrons. The smallest absolute Gasteiger partial charge is 0.482 e. The third-order valence-electron chi connectivity index (χ3n) is 2.12. The summed E-state index contributed by atoms with van der Waals surface area (Å²) < 4.78 is 15.9. The van der Waals surface area contributed by atoms with Crippen molar-refractivity contribution in [1.82, 2.24) is 4.98 Å². The Bertz CT molecular complexity index is 519. The minimum Gasteiger partial charge on any atom is -0.653 e. The molecule has 2 aromatic rings. The Labute approximate surface area is 103 Å². The van der Waals surface area contributed by atoms with Crippen molar-refractivity contribution in [2.45, 2.75) is 0 Å². The monoisotopic (exact) mass is 243 g/mol. The van der Waals surface area contributed by atoms with Crippen molar-refractivity contribution >= 4 is 30.5 Å². The van der Waals surface area contributed by atoms with Gasteiger partial charge in [-0.05, 0) is 24.3 Å². The number of para-hydroxylation sites is 1. The molecule has 0 fully saturated rings. The summed E-state index contributed by atoms with van der Waals surface area (Å²) in [6.07, 6.45) is 0. The van der Waals surface area contributed by atoms with Crippen LogP contribution in [0.4, 0.5) is 0 Å². The predicted molar refractivity (Wildman–Crippen MR) is 63.3 cm³/mol. The minimum atomic E-state index is -0.0772. The average molecular weight is 243 g/mol. The van der Waals surface area contributed by atoms with Gasteiger partial charge in [-0.25, -0.2) is 4.98 Å². The number of hydrogen-bond acceptors (Lipinski definition) is 3. The van der Waals surface area contributed by atoms with Crippen LogP contribution in [0.1, 0.15) is 0 Å². The van der Waals surface area contributed by atoms with Gasteiger partial charge in [0.15, 0.2) is 0 Å². The average Bonchev–Trinajstić information content (AvgIpc) is 2.38. The highest BCUT2D eigenvalue weighted by Gasteiger charge is 2.05. The van der Waals surface area contributed by atoms with Gasteiger partial charge in [-0.1, -0.05) is 18.2 Å². The van der Waals surface area contributed by atoms with Gasteiger partial charge in [-0.2, -0.15) is 0 Å². The second kappa shape index (κ2) is 5.23. The first-order valence-corrected chi connectivity index (χ1v) is 5.90. The van der Waals surface area contributed by atoms with Crippen LogP contribution in [-0.4, -0.2) is 21.6 Å². The van der Waals surface area contributed by atoms with E-state index in [1.165, 1.54) is 0 Å². The van der Waals surface area contributed by atoms with Crippen LogP contribution in [0.25, 0.3) is 11.3 Å². The fraction of sp³-hybridized carbons (Fsp3) is 0. The molecule has 0 N–H and O–H groups in total. The molecule has 2 rings (SSSR count). The maximum Gasteiger partial charge on any atom is 0.482 e. The lowest BCUT2D eigenvalue weighted by Crippen LogP contribution is -2.00. The van der Waals surface area contributed by atoms with Gasteiger partial charge in [0.05, 0.1) is 11.4 Å². The van der Waals surface area contributed by atoms with Gasteiger partial charge in [-0.3, -0.25) is 4.57 Å². The molecule has 1 heterocycles. The van der Waals surface area contributed by atoms with Crippen LogP contribution in [0.2, 0.25) is 0 Å². The molecule has 0 aliphatic heterocycles. The van der Waals surface area contributed by atoms with E-state index in [-0.39, 0.29) is 8.46 Å². The molecular weight excluding hydrogens is 236 g/mol. The van der Waals surface area contributed by atoms with Gasteiger partial charge in [0.25, 0.3) is 0 Å². The molecule has 0 aliphatic carbocycles. The third kappa shape index (κ3) is 2.31. The van der Waals surface area contributed by atoms with E-state index in [2.05, 4.69) is 21.6 Å². The zero-order valence-electron chi connectivity index (χ0n) is 8.33. The Hall–Kier alpha value is -1.20. The van der Waals surface area contributed by atoms with Gasteiger partial charge < -0.3 is 3.79 Å². The first-order chi connectivity index (χ1) is 7.85. The highest BCUT2D eigenvalue weighted by molar-refractivity contribution is 7.33. The molecular formula is C11H7AlNO2P. The topological polar surface area (TPSA) is 39.2 Å². The van der Waals surface area contributed by atoms with Gasteiger partial charge in [0.2, 0.25) is 8.46 Å². The Kier molecular flexibility index (Phi) is 3.69. The summed E-state index contributed by atoms with van der Waals surface area (Å²) >= 11 is 2.21. The quantitative estimate of drug-likeness (QED) is 0.612. The summed E-state index contributed by atoms with van der Waals surface area (Å²) in [5, 5.41) is 0. The van der Waals surface area contributed by atoms with E-state index in [0.29, 0.717) is 5.44 Å². The Morgan fingerprint density at radius 1 is 1.12 bits per heavy atom. The molecule has 76 valence electrons.